The van der Waals surface area contributed by atoms with E-state index in [1.807, 2.05) is 31.2 Å². The molecule has 3 N–H and O–H groups in total. The van der Waals surface area contributed by atoms with Crippen LogP contribution in [0.25, 0.3) is 0 Å². The molecule has 2 aromatic carbocycles. The topological polar surface area (TPSA) is 121 Å². The van der Waals surface area contributed by atoms with Crippen molar-refractivity contribution >= 4 is 44.5 Å². The first-order chi connectivity index (χ1) is 15.5. The maximum atomic E-state index is 11.9. The van der Waals surface area contributed by atoms with Crippen molar-refractivity contribution in [2.45, 2.75) is 13.3 Å². The van der Waals surface area contributed by atoms with Crippen molar-refractivity contribution < 1.29 is 19.0 Å². The van der Waals surface area contributed by atoms with Crippen molar-refractivity contribution in [1.82, 2.24) is 15.6 Å². The zero-order valence-electron chi connectivity index (χ0n) is 17.5. The molecule has 168 valence electrons. The summed E-state index contributed by atoms with van der Waals surface area (Å²) < 4.78 is 17.7. The summed E-state index contributed by atoms with van der Waals surface area (Å²) in [6.45, 7) is 2.71. The van der Waals surface area contributed by atoms with Gasteiger partial charge in [0.05, 0.1) is 24.2 Å². The molecule has 0 unspecified atom stereocenters. The number of nitrogens with two attached hydrogens (primary N) is 1. The first-order valence-electron chi connectivity index (χ1n) is 9.54. The van der Waals surface area contributed by atoms with Gasteiger partial charge in [-0.2, -0.15) is 5.10 Å². The summed E-state index contributed by atoms with van der Waals surface area (Å²) in [5.74, 6) is 1.57. The van der Waals surface area contributed by atoms with Crippen molar-refractivity contribution in [2.24, 2.45) is 5.10 Å². The Bertz CT molecular complexity index is 1110. The van der Waals surface area contributed by atoms with Crippen LogP contribution < -0.4 is 25.4 Å². The average Bonchev–Trinajstić information content (AvgIpc) is 3.17. The minimum absolute atomic E-state index is 0.0522. The summed E-state index contributed by atoms with van der Waals surface area (Å²) in [4.78, 5) is 11.9. The largest absolute Gasteiger partial charge is 0.493 e. The molecule has 0 aliphatic rings. The van der Waals surface area contributed by atoms with E-state index in [1.54, 1.807) is 19.2 Å². The number of nitrogens with one attached hydrogen (secondary N) is 1. The van der Waals surface area contributed by atoms with Crippen LogP contribution in [0.15, 0.2) is 46.0 Å². The Morgan fingerprint density at radius 2 is 2.00 bits per heavy atom. The Morgan fingerprint density at radius 1 is 1.22 bits per heavy atom. The molecular weight excluding hydrogens is 498 g/mol. The number of methoxy groups -OCH3 is 1. The van der Waals surface area contributed by atoms with Gasteiger partial charge in [0.15, 0.2) is 11.5 Å². The van der Waals surface area contributed by atoms with E-state index in [4.69, 9.17) is 19.9 Å². The van der Waals surface area contributed by atoms with Crippen molar-refractivity contribution in [3.05, 3.63) is 57.0 Å². The van der Waals surface area contributed by atoms with E-state index in [1.165, 1.54) is 6.21 Å². The first-order valence-corrected chi connectivity index (χ1v) is 11.2. The number of nitrogens with zero attached hydrogens (tertiary/aromatic N) is 3. The molecule has 0 bridgehead atoms. The quantitative estimate of drug-likeness (QED) is 0.239. The van der Waals surface area contributed by atoms with Gasteiger partial charge in [-0.3, -0.25) is 4.79 Å². The third kappa shape index (κ3) is 6.66. The second kappa shape index (κ2) is 11.4. The zero-order valence-corrected chi connectivity index (χ0v) is 19.9. The van der Waals surface area contributed by atoms with Gasteiger partial charge in [-0.25, -0.2) is 5.43 Å². The van der Waals surface area contributed by atoms with Gasteiger partial charge in [0.2, 0.25) is 11.0 Å². The number of hydrazone groups is 1. The number of halogens is 1. The van der Waals surface area contributed by atoms with E-state index in [2.05, 4.69) is 36.7 Å². The minimum Gasteiger partial charge on any atom is -0.493 e. The predicted molar refractivity (Wildman–Crippen MR) is 127 cm³/mol. The van der Waals surface area contributed by atoms with Crippen molar-refractivity contribution in [2.75, 3.05) is 26.1 Å². The van der Waals surface area contributed by atoms with Crippen LogP contribution in [0.3, 0.4) is 0 Å². The van der Waals surface area contributed by atoms with E-state index in [9.17, 15) is 4.79 Å². The second-order valence-electron chi connectivity index (χ2n) is 6.50. The average molecular weight is 520 g/mol. The third-order valence-corrected chi connectivity index (χ3v) is 5.47. The Labute approximate surface area is 197 Å². The lowest BCUT2D eigenvalue weighted by Gasteiger charge is -2.14. The molecule has 3 rings (SSSR count). The van der Waals surface area contributed by atoms with Gasteiger partial charge in [-0.15, -0.1) is 10.2 Å². The molecule has 32 heavy (non-hydrogen) atoms. The summed E-state index contributed by atoms with van der Waals surface area (Å²) in [5, 5.41) is 12.3. The molecule has 1 heterocycles. The molecule has 3 aromatic rings. The highest BCUT2D eigenvalue weighted by atomic mass is 79.9. The number of aryl methyl sites for hydroxylation is 1. The molecule has 0 radical (unpaired) electrons. The number of carbonyl (C=O) groups excluding carboxylic acids is 1. The third-order valence-electron chi connectivity index (χ3n) is 4.13. The van der Waals surface area contributed by atoms with Crippen LogP contribution in [0.2, 0.25) is 0 Å². The maximum absolute atomic E-state index is 11.9. The minimum atomic E-state index is -0.322. The van der Waals surface area contributed by atoms with Crippen LogP contribution >= 0.6 is 27.3 Å². The van der Waals surface area contributed by atoms with Gasteiger partial charge in [-0.1, -0.05) is 29.5 Å². The fourth-order valence-corrected chi connectivity index (χ4v) is 3.84. The molecular formula is C21H22BrN5O4S. The molecule has 11 heteroatoms. The number of amides is 1. The number of anilines is 1. The second-order valence-corrected chi connectivity index (χ2v) is 8.45. The van der Waals surface area contributed by atoms with Crippen LogP contribution in [0.4, 0.5) is 5.13 Å². The summed E-state index contributed by atoms with van der Waals surface area (Å²) >= 11 is 4.65. The van der Waals surface area contributed by atoms with Gasteiger partial charge in [-0.05, 0) is 52.2 Å². The Kier molecular flexibility index (Phi) is 8.40. The zero-order chi connectivity index (χ0) is 22.9. The number of aromatic nitrogens is 2. The predicted octanol–water partition coefficient (Wildman–Crippen LogP) is 3.35. The molecule has 0 aliphatic heterocycles. The van der Waals surface area contributed by atoms with E-state index < -0.39 is 0 Å². The highest BCUT2D eigenvalue weighted by Crippen LogP contribution is 2.36. The van der Waals surface area contributed by atoms with Crippen LogP contribution in [0, 0.1) is 6.92 Å². The summed E-state index contributed by atoms with van der Waals surface area (Å²) in [6.07, 6.45) is 1.56. The van der Waals surface area contributed by atoms with Gasteiger partial charge in [0, 0.05) is 0 Å². The number of nitrogen functional groups attached to an aromatic ring is 1. The highest BCUT2D eigenvalue weighted by Gasteiger charge is 2.12. The summed E-state index contributed by atoms with van der Waals surface area (Å²) in [7, 11) is 1.55. The smallest absolute Gasteiger partial charge is 0.247 e. The lowest BCUT2D eigenvalue weighted by molar-refractivity contribution is -0.120. The number of hydrogen-bond donors (Lipinski definition) is 2. The molecule has 1 amide bonds. The molecule has 0 saturated carbocycles. The van der Waals surface area contributed by atoms with E-state index in [-0.39, 0.29) is 12.3 Å². The van der Waals surface area contributed by atoms with Gasteiger partial charge in [0.25, 0.3) is 0 Å². The maximum Gasteiger partial charge on any atom is 0.247 e. The molecule has 1 aromatic heterocycles. The molecule has 0 aliphatic carbocycles. The number of ether oxygens (including phenoxy) is 3. The lowest BCUT2D eigenvalue weighted by Crippen LogP contribution is -2.19. The van der Waals surface area contributed by atoms with Crippen molar-refractivity contribution in [3.8, 4) is 17.2 Å². The normalized spacial score (nSPS) is 10.8. The Morgan fingerprint density at radius 3 is 2.72 bits per heavy atom. The van der Waals surface area contributed by atoms with E-state index in [0.29, 0.717) is 44.9 Å². The molecule has 9 nitrogen and oxygen atoms in total. The fraction of sp³-hybridized carbons (Fsp3) is 0.238. The van der Waals surface area contributed by atoms with E-state index in [0.717, 1.165) is 22.6 Å². The van der Waals surface area contributed by atoms with Crippen molar-refractivity contribution in [3.63, 3.8) is 0 Å². The van der Waals surface area contributed by atoms with E-state index >= 15 is 0 Å². The monoisotopic (exact) mass is 519 g/mol. The molecule has 0 fully saturated rings. The summed E-state index contributed by atoms with van der Waals surface area (Å²) in [5.41, 5.74) is 9.72. The molecule has 0 saturated heterocycles. The van der Waals surface area contributed by atoms with Crippen LogP contribution in [-0.2, 0) is 11.2 Å². The fourth-order valence-electron chi connectivity index (χ4n) is 2.66. The molecule has 0 spiro atoms. The lowest BCUT2D eigenvalue weighted by atomic mass is 10.2. The number of hydrogen-bond acceptors (Lipinski definition) is 9. The molecule has 0 atom stereocenters. The van der Waals surface area contributed by atoms with Crippen molar-refractivity contribution in [1.29, 1.82) is 0 Å². The number of rotatable bonds is 10. The van der Waals surface area contributed by atoms with Crippen LogP contribution in [0.5, 0.6) is 17.2 Å². The highest BCUT2D eigenvalue weighted by molar-refractivity contribution is 9.10. The first kappa shape index (κ1) is 23.5. The standard InChI is InChI=1S/C21H22BrN5O4S/c1-13-5-3-4-6-16(13)30-7-8-31-20-15(22)9-14(10-17(20)29-2)12-24-25-18(28)11-19-26-27-21(23)32-19/h3-6,9-10,12H,7-8,11H2,1-2H3,(H2,23,27)(H,25,28)/b24-12-. The SMILES string of the molecule is COc1cc(/C=N\NC(=O)Cc2nnc(N)s2)cc(Br)c1OCCOc1ccccc1C. The Hall–Kier alpha value is -3.18. The number of para-hydroxylation sites is 1. The number of carbonyl (C=O) groups is 1. The van der Waals surface area contributed by atoms with Crippen LogP contribution in [0.1, 0.15) is 16.1 Å². The van der Waals surface area contributed by atoms with Gasteiger partial charge < -0.3 is 19.9 Å². The van der Waals surface area contributed by atoms with Gasteiger partial charge >= 0.3 is 0 Å². The Balaban J connectivity index is 1.54. The van der Waals surface area contributed by atoms with Crippen LogP contribution in [-0.4, -0.2) is 42.6 Å². The number of benzene rings is 2. The summed E-state index contributed by atoms with van der Waals surface area (Å²) in [6, 6.07) is 11.4. The van der Waals surface area contributed by atoms with Gasteiger partial charge in [0.1, 0.15) is 24.0 Å².